The fourth-order valence-corrected chi connectivity index (χ4v) is 3.00. The number of rotatable bonds is 7. The Hall–Kier alpha value is -1.06. The van der Waals surface area contributed by atoms with Gasteiger partial charge in [-0.25, -0.2) is 0 Å². The fourth-order valence-electron chi connectivity index (χ4n) is 3.00. The molecule has 1 heterocycles. The molecule has 0 bridgehead atoms. The summed E-state index contributed by atoms with van der Waals surface area (Å²) in [6.45, 7) is 6.39. The maximum absolute atomic E-state index is 5.74. The number of hydrogen-bond donors (Lipinski definition) is 1. The SMILES string of the molecule is CCCNC(Cc1ccc(OC)cc1)C1CCOC1C. The van der Waals surface area contributed by atoms with Crippen molar-refractivity contribution in [2.45, 2.75) is 45.3 Å². The molecule has 1 aromatic rings. The third-order valence-corrected chi connectivity index (χ3v) is 4.22. The number of nitrogens with one attached hydrogen (secondary N) is 1. The largest absolute Gasteiger partial charge is 0.497 e. The molecule has 1 aliphatic heterocycles. The van der Waals surface area contributed by atoms with E-state index in [1.165, 1.54) is 18.4 Å². The van der Waals surface area contributed by atoms with Crippen LogP contribution < -0.4 is 10.1 Å². The Bertz CT molecular complexity index is 390. The van der Waals surface area contributed by atoms with Crippen LogP contribution in [0.15, 0.2) is 24.3 Å². The number of benzene rings is 1. The lowest BCUT2D eigenvalue weighted by atomic mass is 9.88. The van der Waals surface area contributed by atoms with Gasteiger partial charge >= 0.3 is 0 Å². The van der Waals surface area contributed by atoms with Gasteiger partial charge in [-0.1, -0.05) is 19.1 Å². The third-order valence-electron chi connectivity index (χ3n) is 4.22. The van der Waals surface area contributed by atoms with E-state index < -0.39 is 0 Å². The summed E-state index contributed by atoms with van der Waals surface area (Å²) in [5, 5.41) is 3.71. The van der Waals surface area contributed by atoms with Crippen LogP contribution in [0.5, 0.6) is 5.75 Å². The molecular formula is C17H27NO2. The molecule has 2 rings (SSSR count). The van der Waals surface area contributed by atoms with Crippen LogP contribution in [0.2, 0.25) is 0 Å². The minimum Gasteiger partial charge on any atom is -0.497 e. The maximum Gasteiger partial charge on any atom is 0.118 e. The van der Waals surface area contributed by atoms with E-state index in [-0.39, 0.29) is 0 Å². The Balaban J connectivity index is 2.01. The standard InChI is InChI=1S/C17H27NO2/c1-4-10-18-17(16-9-11-20-13(16)2)12-14-5-7-15(19-3)8-6-14/h5-8,13,16-18H,4,9-12H2,1-3H3. The Morgan fingerprint density at radius 1 is 1.35 bits per heavy atom. The molecule has 20 heavy (non-hydrogen) atoms. The Kier molecular flexibility index (Phi) is 5.86. The summed E-state index contributed by atoms with van der Waals surface area (Å²) in [4.78, 5) is 0. The smallest absolute Gasteiger partial charge is 0.118 e. The van der Waals surface area contributed by atoms with Crippen molar-refractivity contribution in [2.75, 3.05) is 20.3 Å². The lowest BCUT2D eigenvalue weighted by molar-refractivity contribution is 0.0954. The zero-order valence-corrected chi connectivity index (χ0v) is 12.9. The van der Waals surface area contributed by atoms with Gasteiger partial charge in [0.15, 0.2) is 0 Å². The van der Waals surface area contributed by atoms with Gasteiger partial charge in [-0.2, -0.15) is 0 Å². The first kappa shape index (κ1) is 15.3. The van der Waals surface area contributed by atoms with Gasteiger partial charge in [0, 0.05) is 18.6 Å². The summed E-state index contributed by atoms with van der Waals surface area (Å²) in [5.41, 5.74) is 1.36. The molecular weight excluding hydrogens is 250 g/mol. The van der Waals surface area contributed by atoms with Crippen molar-refractivity contribution in [3.63, 3.8) is 0 Å². The normalized spacial score (nSPS) is 23.8. The molecule has 1 aromatic carbocycles. The van der Waals surface area contributed by atoms with Crippen LogP contribution in [-0.2, 0) is 11.2 Å². The first-order valence-electron chi connectivity index (χ1n) is 7.72. The minimum absolute atomic E-state index is 0.364. The zero-order valence-electron chi connectivity index (χ0n) is 12.9. The second-order valence-corrected chi connectivity index (χ2v) is 5.64. The van der Waals surface area contributed by atoms with Gasteiger partial charge in [0.05, 0.1) is 13.2 Å². The molecule has 0 saturated carbocycles. The van der Waals surface area contributed by atoms with Crippen molar-refractivity contribution < 1.29 is 9.47 Å². The van der Waals surface area contributed by atoms with E-state index in [1.54, 1.807) is 7.11 Å². The molecule has 3 heteroatoms. The van der Waals surface area contributed by atoms with Crippen molar-refractivity contribution in [3.8, 4) is 5.75 Å². The predicted molar refractivity (Wildman–Crippen MR) is 82.3 cm³/mol. The Morgan fingerprint density at radius 2 is 2.10 bits per heavy atom. The van der Waals surface area contributed by atoms with Gasteiger partial charge in [-0.15, -0.1) is 0 Å². The van der Waals surface area contributed by atoms with Gasteiger partial charge in [-0.05, 0) is 50.4 Å². The van der Waals surface area contributed by atoms with Crippen LogP contribution in [0.3, 0.4) is 0 Å². The van der Waals surface area contributed by atoms with Crippen molar-refractivity contribution >= 4 is 0 Å². The molecule has 112 valence electrons. The molecule has 0 aliphatic carbocycles. The Morgan fingerprint density at radius 3 is 2.65 bits per heavy atom. The summed E-state index contributed by atoms with van der Waals surface area (Å²) in [7, 11) is 1.71. The third kappa shape index (κ3) is 3.97. The quantitative estimate of drug-likeness (QED) is 0.831. The topological polar surface area (TPSA) is 30.5 Å². The second-order valence-electron chi connectivity index (χ2n) is 5.64. The van der Waals surface area contributed by atoms with E-state index in [1.807, 2.05) is 12.1 Å². The fraction of sp³-hybridized carbons (Fsp3) is 0.647. The molecule has 3 nitrogen and oxygen atoms in total. The summed E-state index contributed by atoms with van der Waals surface area (Å²) in [6, 6.07) is 8.92. The average Bonchev–Trinajstić information content (AvgIpc) is 2.90. The molecule has 0 spiro atoms. The first-order chi connectivity index (χ1) is 9.74. The van der Waals surface area contributed by atoms with E-state index in [0.29, 0.717) is 18.1 Å². The van der Waals surface area contributed by atoms with Crippen molar-refractivity contribution in [3.05, 3.63) is 29.8 Å². The van der Waals surface area contributed by atoms with Crippen LogP contribution >= 0.6 is 0 Å². The molecule has 1 saturated heterocycles. The number of ether oxygens (including phenoxy) is 2. The van der Waals surface area contributed by atoms with Crippen LogP contribution in [0.1, 0.15) is 32.3 Å². The average molecular weight is 277 g/mol. The van der Waals surface area contributed by atoms with Crippen molar-refractivity contribution in [1.82, 2.24) is 5.32 Å². The highest BCUT2D eigenvalue weighted by atomic mass is 16.5. The van der Waals surface area contributed by atoms with E-state index in [0.717, 1.165) is 25.3 Å². The summed E-state index contributed by atoms with van der Waals surface area (Å²) in [6.07, 6.45) is 3.75. The van der Waals surface area contributed by atoms with Crippen LogP contribution in [0, 0.1) is 5.92 Å². The summed E-state index contributed by atoms with van der Waals surface area (Å²) >= 11 is 0. The van der Waals surface area contributed by atoms with Crippen LogP contribution in [0.25, 0.3) is 0 Å². The van der Waals surface area contributed by atoms with Gasteiger partial charge < -0.3 is 14.8 Å². The predicted octanol–water partition coefficient (Wildman–Crippen LogP) is 3.03. The van der Waals surface area contributed by atoms with E-state index >= 15 is 0 Å². The van der Waals surface area contributed by atoms with Gasteiger partial charge in [0.2, 0.25) is 0 Å². The zero-order chi connectivity index (χ0) is 14.4. The van der Waals surface area contributed by atoms with Gasteiger partial charge in [0.1, 0.15) is 5.75 Å². The molecule has 1 N–H and O–H groups in total. The minimum atomic E-state index is 0.364. The van der Waals surface area contributed by atoms with Gasteiger partial charge in [0.25, 0.3) is 0 Å². The molecule has 1 aliphatic rings. The van der Waals surface area contributed by atoms with Crippen molar-refractivity contribution in [1.29, 1.82) is 0 Å². The lowest BCUT2D eigenvalue weighted by Gasteiger charge is -2.27. The molecule has 3 atom stereocenters. The highest BCUT2D eigenvalue weighted by Gasteiger charge is 2.31. The van der Waals surface area contributed by atoms with E-state index in [9.17, 15) is 0 Å². The summed E-state index contributed by atoms with van der Waals surface area (Å²) in [5.74, 6) is 1.54. The number of methoxy groups -OCH3 is 1. The maximum atomic E-state index is 5.74. The summed E-state index contributed by atoms with van der Waals surface area (Å²) < 4.78 is 11.0. The molecule has 0 aromatic heterocycles. The Labute approximate surface area is 122 Å². The van der Waals surface area contributed by atoms with E-state index in [2.05, 4.69) is 31.3 Å². The molecule has 0 amide bonds. The molecule has 3 unspecified atom stereocenters. The monoisotopic (exact) mass is 277 g/mol. The highest BCUT2D eigenvalue weighted by Crippen LogP contribution is 2.26. The van der Waals surface area contributed by atoms with E-state index in [4.69, 9.17) is 9.47 Å². The van der Waals surface area contributed by atoms with Crippen molar-refractivity contribution in [2.24, 2.45) is 5.92 Å². The van der Waals surface area contributed by atoms with Crippen LogP contribution in [0.4, 0.5) is 0 Å². The lowest BCUT2D eigenvalue weighted by Crippen LogP contribution is -2.41. The van der Waals surface area contributed by atoms with Crippen LogP contribution in [-0.4, -0.2) is 32.4 Å². The molecule has 1 fully saturated rings. The number of hydrogen-bond acceptors (Lipinski definition) is 3. The first-order valence-corrected chi connectivity index (χ1v) is 7.72. The highest BCUT2D eigenvalue weighted by molar-refractivity contribution is 5.27. The second kappa shape index (κ2) is 7.65. The van der Waals surface area contributed by atoms with Gasteiger partial charge in [-0.3, -0.25) is 0 Å². The molecule has 0 radical (unpaired) electrons.